The Bertz CT molecular complexity index is 1410. The molecule has 1 saturated heterocycles. The maximum absolute atomic E-state index is 14.9. The third-order valence-corrected chi connectivity index (χ3v) is 5.86. The van der Waals surface area contributed by atoms with E-state index in [-0.39, 0.29) is 29.0 Å². The van der Waals surface area contributed by atoms with Crippen molar-refractivity contribution >= 4 is 11.6 Å². The molecule has 1 aliphatic heterocycles. The van der Waals surface area contributed by atoms with Gasteiger partial charge in [0.25, 0.3) is 5.91 Å². The smallest absolute Gasteiger partial charge is 0.251 e. The fourth-order valence-corrected chi connectivity index (χ4v) is 3.95. The molecule has 1 atom stereocenters. The molecule has 11 heteroatoms. The van der Waals surface area contributed by atoms with Crippen molar-refractivity contribution in [3.8, 4) is 28.3 Å². The predicted molar refractivity (Wildman–Crippen MR) is 123 cm³/mol. The van der Waals surface area contributed by atoms with E-state index in [1.165, 1.54) is 23.8 Å². The van der Waals surface area contributed by atoms with Gasteiger partial charge in [-0.2, -0.15) is 5.10 Å². The molecule has 182 valence electrons. The van der Waals surface area contributed by atoms with Crippen LogP contribution in [0.4, 0.5) is 8.78 Å². The molecular formula is C24H24F2N6O3. The molecule has 1 aliphatic rings. The highest BCUT2D eigenvalue weighted by Gasteiger charge is 2.24. The Morgan fingerprint density at radius 2 is 2.06 bits per heavy atom. The van der Waals surface area contributed by atoms with Gasteiger partial charge in [-0.05, 0) is 32.0 Å². The Labute approximate surface area is 199 Å². The number of rotatable bonds is 6. The quantitative estimate of drug-likeness (QED) is 0.451. The predicted octanol–water partition coefficient (Wildman–Crippen LogP) is 3.65. The van der Waals surface area contributed by atoms with Gasteiger partial charge < -0.3 is 14.8 Å². The third kappa shape index (κ3) is 4.23. The summed E-state index contributed by atoms with van der Waals surface area (Å²) in [5.74, 6) is -2.50. The zero-order valence-corrected chi connectivity index (χ0v) is 19.5. The summed E-state index contributed by atoms with van der Waals surface area (Å²) in [5, 5.41) is 11.4. The number of carbonyl (C=O) groups is 1. The summed E-state index contributed by atoms with van der Waals surface area (Å²) >= 11 is 0. The van der Waals surface area contributed by atoms with Gasteiger partial charge in [0, 0.05) is 42.4 Å². The van der Waals surface area contributed by atoms with Crippen molar-refractivity contribution in [2.75, 3.05) is 20.3 Å². The van der Waals surface area contributed by atoms with Crippen LogP contribution in [0.3, 0.4) is 0 Å². The van der Waals surface area contributed by atoms with Gasteiger partial charge in [-0.1, -0.05) is 0 Å². The van der Waals surface area contributed by atoms with E-state index in [9.17, 15) is 13.6 Å². The maximum Gasteiger partial charge on any atom is 0.251 e. The largest absolute Gasteiger partial charge is 0.470 e. The van der Waals surface area contributed by atoms with E-state index >= 15 is 0 Å². The molecule has 9 nitrogen and oxygen atoms in total. The lowest BCUT2D eigenvalue weighted by molar-refractivity contribution is 0.0962. The molecule has 1 N–H and O–H groups in total. The summed E-state index contributed by atoms with van der Waals surface area (Å²) in [4.78, 5) is 16.4. The van der Waals surface area contributed by atoms with Crippen molar-refractivity contribution in [2.24, 2.45) is 0 Å². The van der Waals surface area contributed by atoms with E-state index < -0.39 is 17.5 Å². The van der Waals surface area contributed by atoms with Gasteiger partial charge in [0.05, 0.1) is 36.9 Å². The van der Waals surface area contributed by atoms with Crippen molar-refractivity contribution in [1.82, 2.24) is 29.7 Å². The van der Waals surface area contributed by atoms with E-state index in [0.717, 1.165) is 11.6 Å². The number of nitrogens with one attached hydrogen (secondary N) is 1. The van der Waals surface area contributed by atoms with Crippen LogP contribution in [0.25, 0.3) is 28.0 Å². The third-order valence-electron chi connectivity index (χ3n) is 5.86. The number of halogens is 2. The number of hydrogen-bond donors (Lipinski definition) is 1. The second kappa shape index (κ2) is 9.06. The van der Waals surface area contributed by atoms with Crippen LogP contribution < -0.4 is 10.1 Å². The highest BCUT2D eigenvalue weighted by atomic mass is 19.2. The van der Waals surface area contributed by atoms with Crippen molar-refractivity contribution in [2.45, 2.75) is 32.4 Å². The van der Waals surface area contributed by atoms with Gasteiger partial charge in [-0.3, -0.25) is 9.48 Å². The minimum Gasteiger partial charge on any atom is -0.470 e. The summed E-state index contributed by atoms with van der Waals surface area (Å²) in [6.45, 7) is 5.05. The standard InChI is InChI=1S/C24H24F2N6O3/c1-13(2)31-11-15(9-29-31)17-8-21-28-10-20(32(21)30-24(17)35-16-4-5-34-12-16)18-6-14(23(33)27-3)7-19(25)22(18)26/h6-11,13,16H,4-5,12H2,1-3H3,(H,27,33)/t16-/m0/s1. The second-order valence-corrected chi connectivity index (χ2v) is 8.58. The zero-order valence-electron chi connectivity index (χ0n) is 19.5. The number of nitrogens with zero attached hydrogens (tertiary/aromatic N) is 5. The van der Waals surface area contributed by atoms with Gasteiger partial charge in [-0.25, -0.2) is 18.3 Å². The highest BCUT2D eigenvalue weighted by Crippen LogP contribution is 2.34. The Kier molecular flexibility index (Phi) is 5.93. The van der Waals surface area contributed by atoms with E-state index in [1.807, 2.05) is 24.7 Å². The molecule has 1 fully saturated rings. The normalized spacial score (nSPS) is 15.8. The summed E-state index contributed by atoms with van der Waals surface area (Å²) in [7, 11) is 1.42. The topological polar surface area (TPSA) is 95.6 Å². The maximum atomic E-state index is 14.9. The molecule has 4 aromatic rings. The van der Waals surface area contributed by atoms with Crippen molar-refractivity contribution in [3.05, 3.63) is 54.0 Å². The second-order valence-electron chi connectivity index (χ2n) is 8.58. The number of carbonyl (C=O) groups excluding carboxylic acids is 1. The van der Waals surface area contributed by atoms with Crippen LogP contribution in [0.2, 0.25) is 0 Å². The van der Waals surface area contributed by atoms with E-state index in [2.05, 4.69) is 20.5 Å². The molecule has 35 heavy (non-hydrogen) atoms. The van der Waals surface area contributed by atoms with Crippen molar-refractivity contribution in [3.63, 3.8) is 0 Å². The summed E-state index contributed by atoms with van der Waals surface area (Å²) < 4.78 is 44.0. The number of fused-ring (bicyclic) bond motifs is 1. The molecule has 0 bridgehead atoms. The Balaban J connectivity index is 1.67. The van der Waals surface area contributed by atoms with Crippen LogP contribution in [0.15, 0.2) is 36.8 Å². The number of imidazole rings is 1. The first-order chi connectivity index (χ1) is 16.9. The zero-order chi connectivity index (χ0) is 24.7. The number of amides is 1. The molecule has 0 radical (unpaired) electrons. The Morgan fingerprint density at radius 3 is 2.74 bits per heavy atom. The lowest BCUT2D eigenvalue weighted by Gasteiger charge is -2.15. The molecule has 0 saturated carbocycles. The summed E-state index contributed by atoms with van der Waals surface area (Å²) in [5.41, 5.74) is 1.87. The number of benzene rings is 1. The molecular weight excluding hydrogens is 458 g/mol. The Hall–Kier alpha value is -3.86. The fraction of sp³-hybridized carbons (Fsp3) is 0.333. The highest BCUT2D eigenvalue weighted by molar-refractivity contribution is 5.95. The molecule has 0 spiro atoms. The first-order valence-electron chi connectivity index (χ1n) is 11.2. The van der Waals surface area contributed by atoms with E-state index in [0.29, 0.717) is 36.7 Å². The molecule has 4 heterocycles. The van der Waals surface area contributed by atoms with Crippen LogP contribution >= 0.6 is 0 Å². The minimum atomic E-state index is -1.15. The Morgan fingerprint density at radius 1 is 1.23 bits per heavy atom. The SMILES string of the molecule is CNC(=O)c1cc(F)c(F)c(-c2cnc3cc(-c4cnn(C(C)C)c4)c(O[C@H]4CCOC4)nn23)c1. The van der Waals surface area contributed by atoms with Crippen LogP contribution in [0, 0.1) is 11.6 Å². The van der Waals surface area contributed by atoms with Gasteiger partial charge >= 0.3 is 0 Å². The number of hydrogen-bond acceptors (Lipinski definition) is 6. The van der Waals surface area contributed by atoms with E-state index in [1.54, 1.807) is 12.3 Å². The molecule has 1 aromatic carbocycles. The average molecular weight is 482 g/mol. The van der Waals surface area contributed by atoms with Crippen molar-refractivity contribution in [1.29, 1.82) is 0 Å². The molecule has 5 rings (SSSR count). The first-order valence-corrected chi connectivity index (χ1v) is 11.2. The van der Waals surface area contributed by atoms with Crippen LogP contribution in [0.1, 0.15) is 36.7 Å². The minimum absolute atomic E-state index is 0.0198. The van der Waals surface area contributed by atoms with Gasteiger partial charge in [0.15, 0.2) is 17.3 Å². The van der Waals surface area contributed by atoms with Crippen molar-refractivity contribution < 1.29 is 23.0 Å². The number of ether oxygens (including phenoxy) is 2. The first kappa shape index (κ1) is 22.9. The fourth-order valence-electron chi connectivity index (χ4n) is 3.95. The van der Waals surface area contributed by atoms with E-state index in [4.69, 9.17) is 9.47 Å². The van der Waals surface area contributed by atoms with Gasteiger partial charge in [0.2, 0.25) is 5.88 Å². The summed E-state index contributed by atoms with van der Waals surface area (Å²) in [6.07, 6.45) is 5.50. The molecule has 1 amide bonds. The lowest BCUT2D eigenvalue weighted by Crippen LogP contribution is -2.18. The molecule has 3 aromatic heterocycles. The monoisotopic (exact) mass is 482 g/mol. The summed E-state index contributed by atoms with van der Waals surface area (Å²) in [6, 6.07) is 4.05. The van der Waals surface area contributed by atoms with Crippen LogP contribution in [-0.2, 0) is 4.74 Å². The van der Waals surface area contributed by atoms with Crippen LogP contribution in [0.5, 0.6) is 5.88 Å². The van der Waals surface area contributed by atoms with Gasteiger partial charge in [0.1, 0.15) is 6.10 Å². The number of aromatic nitrogens is 5. The van der Waals surface area contributed by atoms with Gasteiger partial charge in [-0.15, -0.1) is 5.10 Å². The van der Waals surface area contributed by atoms with Crippen LogP contribution in [-0.4, -0.2) is 56.7 Å². The molecule has 0 unspecified atom stereocenters. The average Bonchev–Trinajstić information content (AvgIpc) is 3.61. The lowest BCUT2D eigenvalue weighted by atomic mass is 10.1. The molecule has 0 aliphatic carbocycles.